The van der Waals surface area contributed by atoms with E-state index in [4.69, 9.17) is 11.6 Å². The zero-order valence-electron chi connectivity index (χ0n) is 10.1. The molecule has 1 aromatic heterocycles. The molecule has 17 heavy (non-hydrogen) atoms. The average Bonchev–Trinajstić information content (AvgIpc) is 2.32. The van der Waals surface area contributed by atoms with Gasteiger partial charge in [-0.3, -0.25) is 4.79 Å². The highest BCUT2D eigenvalue weighted by Crippen LogP contribution is 2.15. The number of aromatic nitrogens is 1. The minimum Gasteiger partial charge on any atom is -0.310 e. The first kappa shape index (κ1) is 14.3. The second kappa shape index (κ2) is 7.56. The summed E-state index contributed by atoms with van der Waals surface area (Å²) in [5, 5.41) is 3.27. The van der Waals surface area contributed by atoms with Gasteiger partial charge >= 0.3 is 0 Å². The first-order chi connectivity index (χ1) is 8.13. The number of rotatable bonds is 6. The van der Waals surface area contributed by atoms with E-state index in [0.717, 1.165) is 18.6 Å². The summed E-state index contributed by atoms with van der Waals surface area (Å²) in [6.45, 7) is 4.05. The number of nitrogens with one attached hydrogen (secondary N) is 1. The van der Waals surface area contributed by atoms with Crippen LogP contribution in [0.4, 0.5) is 5.82 Å². The fraction of sp³-hybridized carbons (Fsp3) is 0.500. The quantitative estimate of drug-likeness (QED) is 0.805. The van der Waals surface area contributed by atoms with Crippen molar-refractivity contribution in [3.63, 3.8) is 0 Å². The van der Waals surface area contributed by atoms with Crippen LogP contribution in [0.5, 0.6) is 0 Å². The van der Waals surface area contributed by atoms with Gasteiger partial charge in [0.1, 0.15) is 5.82 Å². The average molecular weight is 273 g/mol. The molecule has 1 rings (SSSR count). The van der Waals surface area contributed by atoms with Crippen LogP contribution in [0, 0.1) is 0 Å². The summed E-state index contributed by atoms with van der Waals surface area (Å²) < 4.78 is 0. The van der Waals surface area contributed by atoms with Gasteiger partial charge in [-0.2, -0.15) is 0 Å². The van der Waals surface area contributed by atoms with Crippen molar-refractivity contribution in [2.75, 3.05) is 11.1 Å². The van der Waals surface area contributed by atoms with E-state index in [1.54, 1.807) is 23.9 Å². The molecule has 0 saturated carbocycles. The fourth-order valence-electron chi connectivity index (χ4n) is 1.16. The number of hydrogen-bond donors (Lipinski definition) is 1. The molecular weight excluding hydrogens is 256 g/mol. The molecule has 1 aromatic rings. The second-order valence-electron chi connectivity index (χ2n) is 3.72. The number of unbranched alkanes of at least 4 members (excludes halogenated alkanes) is 1. The highest BCUT2D eigenvalue weighted by Gasteiger charge is 2.13. The van der Waals surface area contributed by atoms with Crippen LogP contribution in [0.15, 0.2) is 18.3 Å². The molecule has 94 valence electrons. The third-order valence-electron chi connectivity index (χ3n) is 2.21. The first-order valence-corrected chi connectivity index (χ1v) is 7.10. The monoisotopic (exact) mass is 272 g/mol. The molecule has 3 nitrogen and oxygen atoms in total. The molecule has 0 bridgehead atoms. The fourth-order valence-corrected chi connectivity index (χ4v) is 2.29. The van der Waals surface area contributed by atoms with E-state index >= 15 is 0 Å². The van der Waals surface area contributed by atoms with E-state index < -0.39 is 0 Å². The lowest BCUT2D eigenvalue weighted by Gasteiger charge is -2.11. The van der Waals surface area contributed by atoms with Gasteiger partial charge in [0.2, 0.25) is 5.91 Å². The number of anilines is 1. The van der Waals surface area contributed by atoms with Crippen LogP contribution >= 0.6 is 23.4 Å². The summed E-state index contributed by atoms with van der Waals surface area (Å²) in [5.41, 5.74) is 0. The van der Waals surface area contributed by atoms with Crippen LogP contribution in [0.25, 0.3) is 0 Å². The Bertz CT molecular complexity index is 356. The standard InChI is InChI=1S/C12H17ClN2OS/c1-3-4-7-17-9(2)12(16)15-11-6-5-10(13)8-14-11/h5-6,8-9H,3-4,7H2,1-2H3,(H,14,15,16). The van der Waals surface area contributed by atoms with Gasteiger partial charge in [0, 0.05) is 6.20 Å². The van der Waals surface area contributed by atoms with Crippen molar-refractivity contribution in [2.45, 2.75) is 31.9 Å². The van der Waals surface area contributed by atoms with Gasteiger partial charge in [0.25, 0.3) is 0 Å². The van der Waals surface area contributed by atoms with E-state index in [-0.39, 0.29) is 11.2 Å². The number of carbonyl (C=O) groups excluding carboxylic acids is 1. The Morgan fingerprint density at radius 3 is 2.94 bits per heavy atom. The highest BCUT2D eigenvalue weighted by molar-refractivity contribution is 8.00. The summed E-state index contributed by atoms with van der Waals surface area (Å²) in [6.07, 6.45) is 3.81. The van der Waals surface area contributed by atoms with Crippen LogP contribution in [0.3, 0.4) is 0 Å². The molecule has 0 aromatic carbocycles. The Labute approximate surface area is 111 Å². The summed E-state index contributed by atoms with van der Waals surface area (Å²) in [4.78, 5) is 15.8. The molecule has 0 aliphatic heterocycles. The summed E-state index contributed by atoms with van der Waals surface area (Å²) in [5.74, 6) is 1.54. The van der Waals surface area contributed by atoms with Gasteiger partial charge in [0.05, 0.1) is 10.3 Å². The molecule has 1 unspecified atom stereocenters. The van der Waals surface area contributed by atoms with Crippen molar-refractivity contribution in [2.24, 2.45) is 0 Å². The maximum absolute atomic E-state index is 11.8. The maximum atomic E-state index is 11.8. The molecular formula is C12H17ClN2OS. The lowest BCUT2D eigenvalue weighted by molar-refractivity contribution is -0.115. The predicted octanol–water partition coefficient (Wildman–Crippen LogP) is 3.60. The van der Waals surface area contributed by atoms with Gasteiger partial charge in [0.15, 0.2) is 0 Å². The Morgan fingerprint density at radius 2 is 2.35 bits per heavy atom. The molecule has 0 aliphatic carbocycles. The van der Waals surface area contributed by atoms with Crippen molar-refractivity contribution < 1.29 is 4.79 Å². The lowest BCUT2D eigenvalue weighted by Crippen LogP contribution is -2.23. The number of pyridine rings is 1. The topological polar surface area (TPSA) is 42.0 Å². The molecule has 1 amide bonds. The first-order valence-electron chi connectivity index (χ1n) is 5.67. The minimum atomic E-state index is -0.0565. The predicted molar refractivity (Wildman–Crippen MR) is 74.7 cm³/mol. The van der Waals surface area contributed by atoms with E-state index in [1.165, 1.54) is 6.20 Å². The molecule has 0 spiro atoms. The molecule has 1 heterocycles. The number of hydrogen-bond acceptors (Lipinski definition) is 3. The number of halogens is 1. The molecule has 0 aliphatic rings. The van der Waals surface area contributed by atoms with Crippen LogP contribution in [-0.4, -0.2) is 21.9 Å². The molecule has 1 N–H and O–H groups in total. The summed E-state index contributed by atoms with van der Waals surface area (Å²) in [6, 6.07) is 3.41. The van der Waals surface area contributed by atoms with Gasteiger partial charge < -0.3 is 5.32 Å². The number of thioether (sulfide) groups is 1. The zero-order chi connectivity index (χ0) is 12.7. The molecule has 5 heteroatoms. The second-order valence-corrected chi connectivity index (χ2v) is 5.60. The largest absolute Gasteiger partial charge is 0.310 e. The van der Waals surface area contributed by atoms with Crippen molar-refractivity contribution >= 4 is 35.1 Å². The number of nitrogens with zero attached hydrogens (tertiary/aromatic N) is 1. The Morgan fingerprint density at radius 1 is 1.59 bits per heavy atom. The summed E-state index contributed by atoms with van der Waals surface area (Å²) in [7, 11) is 0. The maximum Gasteiger partial charge on any atom is 0.238 e. The zero-order valence-corrected chi connectivity index (χ0v) is 11.6. The molecule has 1 atom stereocenters. The molecule has 0 radical (unpaired) electrons. The molecule has 0 saturated heterocycles. The Hall–Kier alpha value is -0.740. The van der Waals surface area contributed by atoms with Crippen LogP contribution in [-0.2, 0) is 4.79 Å². The van der Waals surface area contributed by atoms with Gasteiger partial charge in [-0.25, -0.2) is 4.98 Å². The van der Waals surface area contributed by atoms with Gasteiger partial charge in [-0.15, -0.1) is 11.8 Å². The third-order valence-corrected chi connectivity index (χ3v) is 3.68. The lowest BCUT2D eigenvalue weighted by atomic mass is 10.4. The van der Waals surface area contributed by atoms with Gasteiger partial charge in [-0.1, -0.05) is 24.9 Å². The minimum absolute atomic E-state index is 0.0130. The molecule has 0 fully saturated rings. The summed E-state index contributed by atoms with van der Waals surface area (Å²) >= 11 is 7.38. The van der Waals surface area contributed by atoms with Crippen LogP contribution in [0.1, 0.15) is 26.7 Å². The van der Waals surface area contributed by atoms with Crippen molar-refractivity contribution in [1.82, 2.24) is 4.98 Å². The number of carbonyl (C=O) groups is 1. The smallest absolute Gasteiger partial charge is 0.238 e. The number of amides is 1. The normalized spacial score (nSPS) is 12.2. The van der Waals surface area contributed by atoms with E-state index in [9.17, 15) is 4.79 Å². The van der Waals surface area contributed by atoms with Crippen LogP contribution in [0.2, 0.25) is 5.02 Å². The van der Waals surface area contributed by atoms with Gasteiger partial charge in [-0.05, 0) is 31.2 Å². The van der Waals surface area contributed by atoms with Crippen molar-refractivity contribution in [3.8, 4) is 0 Å². The highest BCUT2D eigenvalue weighted by atomic mass is 35.5. The van der Waals surface area contributed by atoms with Crippen molar-refractivity contribution in [3.05, 3.63) is 23.4 Å². The van der Waals surface area contributed by atoms with E-state index in [2.05, 4.69) is 17.2 Å². The Balaban J connectivity index is 2.40. The van der Waals surface area contributed by atoms with E-state index in [0.29, 0.717) is 10.8 Å². The van der Waals surface area contributed by atoms with E-state index in [1.807, 2.05) is 6.92 Å². The third kappa shape index (κ3) is 5.41. The SMILES string of the molecule is CCCCSC(C)C(=O)Nc1ccc(Cl)cn1. The van der Waals surface area contributed by atoms with Crippen LogP contribution < -0.4 is 5.32 Å². The van der Waals surface area contributed by atoms with Crippen molar-refractivity contribution in [1.29, 1.82) is 0 Å². The Kier molecular flexibility index (Phi) is 6.37.